The quantitative estimate of drug-likeness (QED) is 0.802. The van der Waals surface area contributed by atoms with E-state index in [0.29, 0.717) is 11.3 Å². The minimum Gasteiger partial charge on any atom is -0.316 e. The Morgan fingerprint density at radius 1 is 1.16 bits per heavy atom. The SMILES string of the molecule is CC1(C)CCCC12CCNCC2c1ccccc1F. The van der Waals surface area contributed by atoms with Crippen molar-refractivity contribution in [3.8, 4) is 0 Å². The van der Waals surface area contributed by atoms with E-state index in [2.05, 4.69) is 19.2 Å². The third-order valence-corrected chi connectivity index (χ3v) is 5.82. The summed E-state index contributed by atoms with van der Waals surface area (Å²) in [4.78, 5) is 0. The summed E-state index contributed by atoms with van der Waals surface area (Å²) in [6, 6.07) is 7.37. The monoisotopic (exact) mass is 261 g/mol. The molecule has 1 aromatic carbocycles. The lowest BCUT2D eigenvalue weighted by Crippen LogP contribution is -2.49. The number of nitrogens with one attached hydrogen (secondary N) is 1. The van der Waals surface area contributed by atoms with Gasteiger partial charge in [-0.1, -0.05) is 38.5 Å². The van der Waals surface area contributed by atoms with Gasteiger partial charge >= 0.3 is 0 Å². The Morgan fingerprint density at radius 2 is 1.95 bits per heavy atom. The fourth-order valence-electron chi connectivity index (χ4n) is 4.64. The maximum atomic E-state index is 14.2. The van der Waals surface area contributed by atoms with Crippen LogP contribution in [0.1, 0.15) is 51.0 Å². The van der Waals surface area contributed by atoms with Crippen molar-refractivity contribution in [2.24, 2.45) is 10.8 Å². The summed E-state index contributed by atoms with van der Waals surface area (Å²) in [6.07, 6.45) is 5.00. The topological polar surface area (TPSA) is 12.0 Å². The molecular weight excluding hydrogens is 237 g/mol. The molecule has 2 unspecified atom stereocenters. The van der Waals surface area contributed by atoms with Crippen LogP contribution >= 0.6 is 0 Å². The van der Waals surface area contributed by atoms with Crippen molar-refractivity contribution in [1.29, 1.82) is 0 Å². The van der Waals surface area contributed by atoms with Gasteiger partial charge in [-0.15, -0.1) is 0 Å². The van der Waals surface area contributed by atoms with Gasteiger partial charge in [0.15, 0.2) is 0 Å². The van der Waals surface area contributed by atoms with Crippen molar-refractivity contribution in [2.45, 2.75) is 45.4 Å². The third-order valence-electron chi connectivity index (χ3n) is 5.82. The molecule has 3 rings (SSSR count). The Kier molecular flexibility index (Phi) is 3.17. The average molecular weight is 261 g/mol. The molecule has 2 aliphatic rings. The lowest BCUT2D eigenvalue weighted by molar-refractivity contribution is 0.0405. The van der Waals surface area contributed by atoms with Gasteiger partial charge in [-0.2, -0.15) is 0 Å². The van der Waals surface area contributed by atoms with Crippen LogP contribution in [0.5, 0.6) is 0 Å². The summed E-state index contributed by atoms with van der Waals surface area (Å²) < 4.78 is 14.2. The van der Waals surface area contributed by atoms with Crippen LogP contribution in [0.15, 0.2) is 24.3 Å². The summed E-state index contributed by atoms with van der Waals surface area (Å²) >= 11 is 0. The van der Waals surface area contributed by atoms with E-state index in [0.717, 1.165) is 18.7 Å². The van der Waals surface area contributed by atoms with Crippen LogP contribution in [0.4, 0.5) is 4.39 Å². The molecule has 104 valence electrons. The minimum atomic E-state index is -0.0294. The van der Waals surface area contributed by atoms with Crippen molar-refractivity contribution in [2.75, 3.05) is 13.1 Å². The van der Waals surface area contributed by atoms with E-state index in [1.807, 2.05) is 12.1 Å². The molecular formula is C17H24FN. The van der Waals surface area contributed by atoms with Gasteiger partial charge in [0, 0.05) is 12.5 Å². The van der Waals surface area contributed by atoms with E-state index in [-0.39, 0.29) is 11.2 Å². The van der Waals surface area contributed by atoms with E-state index >= 15 is 0 Å². The number of hydrogen-bond donors (Lipinski definition) is 1. The number of halogens is 1. The first-order valence-corrected chi connectivity index (χ1v) is 7.52. The van der Waals surface area contributed by atoms with Crippen LogP contribution in [0.3, 0.4) is 0 Å². The largest absolute Gasteiger partial charge is 0.316 e. The molecule has 1 saturated heterocycles. The second-order valence-electron chi connectivity index (χ2n) is 6.92. The van der Waals surface area contributed by atoms with Crippen LogP contribution in [-0.4, -0.2) is 13.1 Å². The molecule has 2 heteroatoms. The maximum absolute atomic E-state index is 14.2. The third kappa shape index (κ3) is 1.92. The van der Waals surface area contributed by atoms with Crippen LogP contribution in [0, 0.1) is 16.6 Å². The van der Waals surface area contributed by atoms with Crippen molar-refractivity contribution < 1.29 is 4.39 Å². The molecule has 0 radical (unpaired) electrons. The number of piperidine rings is 1. The molecule has 1 aromatic rings. The molecule has 1 saturated carbocycles. The highest BCUT2D eigenvalue weighted by molar-refractivity contribution is 5.27. The normalized spacial score (nSPS) is 33.7. The van der Waals surface area contributed by atoms with Gasteiger partial charge in [-0.25, -0.2) is 4.39 Å². The van der Waals surface area contributed by atoms with Crippen molar-refractivity contribution in [1.82, 2.24) is 5.32 Å². The molecule has 1 nitrogen and oxygen atoms in total. The molecule has 1 heterocycles. The highest BCUT2D eigenvalue weighted by Crippen LogP contribution is 2.62. The van der Waals surface area contributed by atoms with Gasteiger partial charge in [0.1, 0.15) is 5.82 Å². The first kappa shape index (κ1) is 13.1. The second-order valence-corrected chi connectivity index (χ2v) is 6.92. The molecule has 1 N–H and O–H groups in total. The highest BCUT2D eigenvalue weighted by Gasteiger charge is 2.54. The lowest BCUT2D eigenvalue weighted by atomic mass is 9.56. The molecule has 0 aromatic heterocycles. The highest BCUT2D eigenvalue weighted by atomic mass is 19.1. The van der Waals surface area contributed by atoms with Crippen molar-refractivity contribution in [3.63, 3.8) is 0 Å². The standard InChI is InChI=1S/C17H24FN/c1-16(2)8-5-9-17(16)10-11-19-12-14(17)13-6-3-4-7-15(13)18/h3-4,6-7,14,19H,5,8-12H2,1-2H3. The van der Waals surface area contributed by atoms with E-state index in [9.17, 15) is 4.39 Å². The van der Waals surface area contributed by atoms with E-state index in [1.54, 1.807) is 12.1 Å². The lowest BCUT2D eigenvalue weighted by Gasteiger charge is -2.51. The molecule has 1 spiro atoms. The smallest absolute Gasteiger partial charge is 0.126 e. The van der Waals surface area contributed by atoms with Gasteiger partial charge in [-0.05, 0) is 48.3 Å². The summed E-state index contributed by atoms with van der Waals surface area (Å²) in [6.45, 7) is 6.77. The van der Waals surface area contributed by atoms with E-state index in [1.165, 1.54) is 25.7 Å². The van der Waals surface area contributed by atoms with E-state index in [4.69, 9.17) is 0 Å². The predicted octanol–water partition coefficient (Wildman–Crippen LogP) is 4.10. The van der Waals surface area contributed by atoms with Crippen molar-refractivity contribution >= 4 is 0 Å². The first-order valence-electron chi connectivity index (χ1n) is 7.52. The zero-order valence-electron chi connectivity index (χ0n) is 12.0. The Bertz CT molecular complexity index is 468. The summed E-state index contributed by atoms with van der Waals surface area (Å²) in [7, 11) is 0. The maximum Gasteiger partial charge on any atom is 0.126 e. The van der Waals surface area contributed by atoms with Gasteiger partial charge in [0.25, 0.3) is 0 Å². The molecule has 19 heavy (non-hydrogen) atoms. The Balaban J connectivity index is 2.05. The van der Waals surface area contributed by atoms with Gasteiger partial charge in [0.2, 0.25) is 0 Å². The van der Waals surface area contributed by atoms with Crippen LogP contribution in [0.2, 0.25) is 0 Å². The number of rotatable bonds is 1. The fraction of sp³-hybridized carbons (Fsp3) is 0.647. The van der Waals surface area contributed by atoms with Gasteiger partial charge in [0.05, 0.1) is 0 Å². The average Bonchev–Trinajstić information content (AvgIpc) is 2.67. The zero-order valence-corrected chi connectivity index (χ0v) is 12.0. The van der Waals surface area contributed by atoms with E-state index < -0.39 is 0 Å². The molecule has 0 bridgehead atoms. The minimum absolute atomic E-state index is 0.0294. The first-order chi connectivity index (χ1) is 9.07. The van der Waals surface area contributed by atoms with Gasteiger partial charge < -0.3 is 5.32 Å². The van der Waals surface area contributed by atoms with Crippen LogP contribution < -0.4 is 5.32 Å². The fourth-order valence-corrected chi connectivity index (χ4v) is 4.64. The zero-order chi connectivity index (χ0) is 13.5. The summed E-state index contributed by atoms with van der Waals surface area (Å²) in [5.41, 5.74) is 1.52. The van der Waals surface area contributed by atoms with Crippen molar-refractivity contribution in [3.05, 3.63) is 35.6 Å². The molecule has 2 fully saturated rings. The predicted molar refractivity (Wildman–Crippen MR) is 76.7 cm³/mol. The molecule has 1 aliphatic carbocycles. The number of hydrogen-bond acceptors (Lipinski definition) is 1. The second kappa shape index (κ2) is 4.59. The summed E-state index contributed by atoms with van der Waals surface area (Å²) in [5.74, 6) is 0.290. The number of benzene rings is 1. The molecule has 1 aliphatic heterocycles. The molecule has 0 amide bonds. The Hall–Kier alpha value is -0.890. The Morgan fingerprint density at radius 3 is 2.63 bits per heavy atom. The Labute approximate surface area is 115 Å². The van der Waals surface area contributed by atoms with Gasteiger partial charge in [-0.3, -0.25) is 0 Å². The van der Waals surface area contributed by atoms with Crippen LogP contribution in [0.25, 0.3) is 0 Å². The summed E-state index contributed by atoms with van der Waals surface area (Å²) in [5, 5.41) is 3.48. The molecule has 2 atom stereocenters. The van der Waals surface area contributed by atoms with Crippen LogP contribution in [-0.2, 0) is 0 Å².